The van der Waals surface area contributed by atoms with Gasteiger partial charge in [0.1, 0.15) is 5.75 Å². The van der Waals surface area contributed by atoms with Gasteiger partial charge in [0.25, 0.3) is 5.91 Å². The number of amides is 1. The van der Waals surface area contributed by atoms with Gasteiger partial charge in [0.2, 0.25) is 0 Å². The standard InChI is InChI=1S/C22H26N2O5/c1-16(29-21(25)15-17-5-3-4-6-20(17)27-2)22(26)23-18-7-9-19(10-8-18)24-11-13-28-14-12-24/h3-10,16H,11-15H2,1-2H3,(H,23,26)/t16-/m0/s1. The summed E-state index contributed by atoms with van der Waals surface area (Å²) in [5.41, 5.74) is 2.45. The van der Waals surface area contributed by atoms with Gasteiger partial charge in [-0.15, -0.1) is 0 Å². The molecule has 1 N–H and O–H groups in total. The molecule has 29 heavy (non-hydrogen) atoms. The van der Waals surface area contributed by atoms with Crippen LogP contribution in [-0.4, -0.2) is 51.4 Å². The minimum Gasteiger partial charge on any atom is -0.496 e. The lowest BCUT2D eigenvalue weighted by Crippen LogP contribution is -2.36. The van der Waals surface area contributed by atoms with E-state index >= 15 is 0 Å². The van der Waals surface area contributed by atoms with E-state index in [1.54, 1.807) is 26.2 Å². The molecule has 0 bridgehead atoms. The van der Waals surface area contributed by atoms with E-state index in [0.29, 0.717) is 17.0 Å². The number of nitrogens with one attached hydrogen (secondary N) is 1. The SMILES string of the molecule is COc1ccccc1CC(=O)O[C@@H](C)C(=O)Nc1ccc(N2CCOCC2)cc1. The first-order chi connectivity index (χ1) is 14.1. The summed E-state index contributed by atoms with van der Waals surface area (Å²) in [6.45, 7) is 4.69. The molecule has 0 radical (unpaired) electrons. The van der Waals surface area contributed by atoms with Gasteiger partial charge in [0.15, 0.2) is 6.10 Å². The Labute approximate surface area is 170 Å². The highest BCUT2D eigenvalue weighted by molar-refractivity contribution is 5.95. The van der Waals surface area contributed by atoms with E-state index in [2.05, 4.69) is 10.2 Å². The lowest BCUT2D eigenvalue weighted by Gasteiger charge is -2.28. The molecule has 1 atom stereocenters. The molecule has 1 heterocycles. The molecule has 0 unspecified atom stereocenters. The molecule has 1 amide bonds. The van der Waals surface area contributed by atoms with Crippen LogP contribution in [0.4, 0.5) is 11.4 Å². The Kier molecular flexibility index (Phi) is 7.08. The number of anilines is 2. The number of para-hydroxylation sites is 1. The van der Waals surface area contributed by atoms with E-state index < -0.39 is 12.1 Å². The second-order valence-electron chi connectivity index (χ2n) is 6.76. The molecule has 0 aliphatic carbocycles. The summed E-state index contributed by atoms with van der Waals surface area (Å²) in [6, 6.07) is 14.8. The number of benzene rings is 2. The average Bonchev–Trinajstić information content (AvgIpc) is 2.75. The number of hydrogen-bond acceptors (Lipinski definition) is 6. The molecule has 1 fully saturated rings. The van der Waals surface area contributed by atoms with Crippen LogP contribution in [0.2, 0.25) is 0 Å². The minimum atomic E-state index is -0.906. The number of rotatable bonds is 7. The van der Waals surface area contributed by atoms with Crippen LogP contribution in [-0.2, 0) is 25.5 Å². The summed E-state index contributed by atoms with van der Waals surface area (Å²) in [5, 5.41) is 2.78. The Balaban J connectivity index is 1.51. The van der Waals surface area contributed by atoms with Crippen molar-refractivity contribution in [3.05, 3.63) is 54.1 Å². The van der Waals surface area contributed by atoms with Crippen molar-refractivity contribution in [3.8, 4) is 5.75 Å². The Morgan fingerprint density at radius 1 is 1.10 bits per heavy atom. The van der Waals surface area contributed by atoms with Crippen molar-refractivity contribution >= 4 is 23.3 Å². The fraction of sp³-hybridized carbons (Fsp3) is 0.364. The number of methoxy groups -OCH3 is 1. The summed E-state index contributed by atoms with van der Waals surface area (Å²) in [6.07, 6.45) is -0.869. The molecule has 7 heteroatoms. The van der Waals surface area contributed by atoms with Crippen molar-refractivity contribution in [3.63, 3.8) is 0 Å². The van der Waals surface area contributed by atoms with Crippen LogP contribution in [0.5, 0.6) is 5.75 Å². The van der Waals surface area contributed by atoms with Crippen molar-refractivity contribution < 1.29 is 23.8 Å². The summed E-state index contributed by atoms with van der Waals surface area (Å²) < 4.78 is 15.9. The molecule has 1 aliphatic rings. The van der Waals surface area contributed by atoms with E-state index in [1.165, 1.54) is 0 Å². The Morgan fingerprint density at radius 3 is 2.48 bits per heavy atom. The first kappa shape index (κ1) is 20.7. The second-order valence-corrected chi connectivity index (χ2v) is 6.76. The highest BCUT2D eigenvalue weighted by Gasteiger charge is 2.19. The van der Waals surface area contributed by atoms with Gasteiger partial charge >= 0.3 is 5.97 Å². The van der Waals surface area contributed by atoms with Gasteiger partial charge in [-0.05, 0) is 37.3 Å². The van der Waals surface area contributed by atoms with Gasteiger partial charge in [0, 0.05) is 30.0 Å². The van der Waals surface area contributed by atoms with Crippen molar-refractivity contribution in [1.29, 1.82) is 0 Å². The molecular formula is C22H26N2O5. The molecule has 2 aromatic carbocycles. The second kappa shape index (κ2) is 9.93. The lowest BCUT2D eigenvalue weighted by molar-refractivity contribution is -0.152. The van der Waals surface area contributed by atoms with Crippen LogP contribution in [0.1, 0.15) is 12.5 Å². The zero-order valence-corrected chi connectivity index (χ0v) is 16.7. The van der Waals surface area contributed by atoms with Crippen molar-refractivity contribution in [1.82, 2.24) is 0 Å². The number of ether oxygens (including phenoxy) is 3. The first-order valence-corrected chi connectivity index (χ1v) is 9.62. The maximum absolute atomic E-state index is 12.4. The van der Waals surface area contributed by atoms with Gasteiger partial charge in [-0.3, -0.25) is 9.59 Å². The summed E-state index contributed by atoms with van der Waals surface area (Å²) in [7, 11) is 1.55. The molecule has 0 aromatic heterocycles. The van der Waals surface area contributed by atoms with Crippen molar-refractivity contribution in [2.45, 2.75) is 19.4 Å². The third kappa shape index (κ3) is 5.71. The van der Waals surface area contributed by atoms with E-state index in [1.807, 2.05) is 36.4 Å². The molecule has 3 rings (SSSR count). The van der Waals surface area contributed by atoms with Gasteiger partial charge in [-0.1, -0.05) is 18.2 Å². The minimum absolute atomic E-state index is 0.0376. The number of carbonyl (C=O) groups excluding carboxylic acids is 2. The third-order valence-electron chi connectivity index (χ3n) is 4.72. The maximum atomic E-state index is 12.4. The number of carbonyl (C=O) groups is 2. The van der Waals surface area contributed by atoms with Crippen LogP contribution in [0, 0.1) is 0 Å². The fourth-order valence-electron chi connectivity index (χ4n) is 3.12. The van der Waals surface area contributed by atoms with E-state index in [0.717, 1.165) is 32.0 Å². The van der Waals surface area contributed by atoms with E-state index in [9.17, 15) is 9.59 Å². The number of morpholine rings is 1. The monoisotopic (exact) mass is 398 g/mol. The van der Waals surface area contributed by atoms with E-state index in [4.69, 9.17) is 14.2 Å². The van der Waals surface area contributed by atoms with Crippen molar-refractivity contribution in [2.75, 3.05) is 43.6 Å². The molecule has 7 nitrogen and oxygen atoms in total. The molecule has 0 spiro atoms. The average molecular weight is 398 g/mol. The van der Waals surface area contributed by atoms with Crippen LogP contribution in [0.25, 0.3) is 0 Å². The zero-order chi connectivity index (χ0) is 20.6. The zero-order valence-electron chi connectivity index (χ0n) is 16.7. The van der Waals surface area contributed by atoms with Crippen LogP contribution < -0.4 is 15.0 Å². The quantitative estimate of drug-likeness (QED) is 0.723. The Bertz CT molecular complexity index is 831. The third-order valence-corrected chi connectivity index (χ3v) is 4.72. The van der Waals surface area contributed by atoms with Gasteiger partial charge in [-0.25, -0.2) is 0 Å². The largest absolute Gasteiger partial charge is 0.496 e. The highest BCUT2D eigenvalue weighted by atomic mass is 16.5. The van der Waals surface area contributed by atoms with Crippen LogP contribution in [0.3, 0.4) is 0 Å². The molecule has 0 saturated carbocycles. The smallest absolute Gasteiger partial charge is 0.311 e. The van der Waals surface area contributed by atoms with Gasteiger partial charge < -0.3 is 24.4 Å². The summed E-state index contributed by atoms with van der Waals surface area (Å²) >= 11 is 0. The first-order valence-electron chi connectivity index (χ1n) is 9.62. The fourth-order valence-corrected chi connectivity index (χ4v) is 3.12. The van der Waals surface area contributed by atoms with E-state index in [-0.39, 0.29) is 12.3 Å². The summed E-state index contributed by atoms with van der Waals surface area (Å²) in [5.74, 6) is -0.251. The predicted octanol–water partition coefficient (Wildman–Crippen LogP) is 2.64. The molecular weight excluding hydrogens is 372 g/mol. The number of esters is 1. The van der Waals surface area contributed by atoms with Crippen LogP contribution >= 0.6 is 0 Å². The lowest BCUT2D eigenvalue weighted by atomic mass is 10.1. The van der Waals surface area contributed by atoms with Crippen molar-refractivity contribution in [2.24, 2.45) is 0 Å². The normalized spacial score (nSPS) is 14.8. The topological polar surface area (TPSA) is 77.1 Å². The van der Waals surface area contributed by atoms with Crippen LogP contribution in [0.15, 0.2) is 48.5 Å². The highest BCUT2D eigenvalue weighted by Crippen LogP contribution is 2.20. The number of nitrogens with zero attached hydrogens (tertiary/aromatic N) is 1. The molecule has 154 valence electrons. The Morgan fingerprint density at radius 2 is 1.79 bits per heavy atom. The van der Waals surface area contributed by atoms with Gasteiger partial charge in [0.05, 0.1) is 26.7 Å². The Hall–Kier alpha value is -3.06. The summed E-state index contributed by atoms with van der Waals surface area (Å²) in [4.78, 5) is 26.8. The molecule has 1 aliphatic heterocycles. The maximum Gasteiger partial charge on any atom is 0.311 e. The molecule has 2 aromatic rings. The molecule has 1 saturated heterocycles. The van der Waals surface area contributed by atoms with Gasteiger partial charge in [-0.2, -0.15) is 0 Å². The number of hydrogen-bond donors (Lipinski definition) is 1. The predicted molar refractivity (Wildman–Crippen MR) is 110 cm³/mol.